The van der Waals surface area contributed by atoms with Crippen molar-refractivity contribution >= 4 is 5.97 Å². The van der Waals surface area contributed by atoms with Crippen LogP contribution in [-0.4, -0.2) is 13.1 Å². The predicted molar refractivity (Wildman–Crippen MR) is 80.7 cm³/mol. The summed E-state index contributed by atoms with van der Waals surface area (Å²) in [6.07, 6.45) is 1.42. The quantitative estimate of drug-likeness (QED) is 0.776. The van der Waals surface area contributed by atoms with Gasteiger partial charge in [0, 0.05) is 0 Å². The lowest BCUT2D eigenvalue weighted by Crippen LogP contribution is -2.15. The number of halogens is 1. The van der Waals surface area contributed by atoms with Crippen LogP contribution in [-0.2, 0) is 16.0 Å². The Morgan fingerprint density at radius 2 is 1.71 bits per heavy atom. The number of esters is 1. The number of hydrogen-bond donors (Lipinski definition) is 0. The van der Waals surface area contributed by atoms with Crippen molar-refractivity contribution in [2.45, 2.75) is 25.7 Å². The fourth-order valence-electron chi connectivity index (χ4n) is 2.32. The van der Waals surface area contributed by atoms with Gasteiger partial charge in [-0.15, -0.1) is 0 Å². The third-order valence-corrected chi connectivity index (χ3v) is 3.60. The molecule has 0 bridgehead atoms. The van der Waals surface area contributed by atoms with Crippen LogP contribution < -0.4 is 0 Å². The molecule has 2 nitrogen and oxygen atoms in total. The lowest BCUT2D eigenvalue weighted by Gasteiger charge is -2.15. The Bertz CT molecular complexity index is 588. The van der Waals surface area contributed by atoms with Gasteiger partial charge in [-0.25, -0.2) is 4.39 Å². The maximum Gasteiger partial charge on any atom is 0.313 e. The molecule has 110 valence electrons. The van der Waals surface area contributed by atoms with Gasteiger partial charge in [0.15, 0.2) is 0 Å². The molecule has 0 heterocycles. The van der Waals surface area contributed by atoms with E-state index in [1.165, 1.54) is 30.4 Å². The van der Waals surface area contributed by atoms with Crippen LogP contribution in [0.2, 0.25) is 0 Å². The first-order valence-corrected chi connectivity index (χ1v) is 6.99. The molecule has 21 heavy (non-hydrogen) atoms. The number of aryl methyl sites for hydroxylation is 2. The Morgan fingerprint density at radius 1 is 1.10 bits per heavy atom. The molecule has 0 N–H and O–H groups in total. The number of hydrogen-bond acceptors (Lipinski definition) is 2. The molecular formula is C18H19FO2. The Labute approximate surface area is 124 Å². The summed E-state index contributed by atoms with van der Waals surface area (Å²) in [4.78, 5) is 12.0. The summed E-state index contributed by atoms with van der Waals surface area (Å²) in [7, 11) is 1.38. The van der Waals surface area contributed by atoms with Gasteiger partial charge in [0.1, 0.15) is 5.82 Å². The van der Waals surface area contributed by atoms with E-state index in [0.29, 0.717) is 6.42 Å². The fourth-order valence-corrected chi connectivity index (χ4v) is 2.32. The maximum atomic E-state index is 13.0. The normalized spacial score (nSPS) is 12.0. The van der Waals surface area contributed by atoms with Gasteiger partial charge in [-0.2, -0.15) is 0 Å². The van der Waals surface area contributed by atoms with Gasteiger partial charge in [-0.3, -0.25) is 4.79 Å². The molecule has 1 atom stereocenters. The highest BCUT2D eigenvalue weighted by molar-refractivity contribution is 5.78. The molecule has 2 rings (SSSR count). The molecule has 2 aromatic rings. The Hall–Kier alpha value is -2.16. The van der Waals surface area contributed by atoms with E-state index in [4.69, 9.17) is 4.74 Å². The fraction of sp³-hybridized carbons (Fsp3) is 0.278. The smallest absolute Gasteiger partial charge is 0.313 e. The molecule has 3 heteroatoms. The van der Waals surface area contributed by atoms with E-state index in [9.17, 15) is 9.18 Å². The highest BCUT2D eigenvalue weighted by atomic mass is 19.1. The van der Waals surface area contributed by atoms with Crippen LogP contribution in [0.1, 0.15) is 29.0 Å². The van der Waals surface area contributed by atoms with Crippen LogP contribution in [0.3, 0.4) is 0 Å². The number of carbonyl (C=O) groups is 1. The minimum Gasteiger partial charge on any atom is -0.469 e. The predicted octanol–water partition coefficient (Wildman–Crippen LogP) is 4.02. The third kappa shape index (κ3) is 4.15. The monoisotopic (exact) mass is 286 g/mol. The first-order chi connectivity index (χ1) is 10.1. The Balaban J connectivity index is 2.11. The van der Waals surface area contributed by atoms with Gasteiger partial charge < -0.3 is 4.74 Å². The van der Waals surface area contributed by atoms with E-state index in [-0.39, 0.29) is 17.7 Å². The summed E-state index contributed by atoms with van der Waals surface area (Å²) in [6, 6.07) is 14.3. The van der Waals surface area contributed by atoms with Crippen LogP contribution in [0.25, 0.3) is 0 Å². The zero-order valence-electron chi connectivity index (χ0n) is 12.3. The second-order valence-corrected chi connectivity index (χ2v) is 5.15. The average Bonchev–Trinajstić information content (AvgIpc) is 2.50. The topological polar surface area (TPSA) is 26.3 Å². The minimum atomic E-state index is -0.364. The molecule has 0 aliphatic heterocycles. The summed E-state index contributed by atoms with van der Waals surface area (Å²) < 4.78 is 17.9. The van der Waals surface area contributed by atoms with Gasteiger partial charge >= 0.3 is 5.97 Å². The van der Waals surface area contributed by atoms with Crippen molar-refractivity contribution in [3.8, 4) is 0 Å². The van der Waals surface area contributed by atoms with E-state index in [1.807, 2.05) is 6.92 Å². The van der Waals surface area contributed by atoms with Gasteiger partial charge in [-0.05, 0) is 43.0 Å². The van der Waals surface area contributed by atoms with Crippen molar-refractivity contribution in [2.24, 2.45) is 0 Å². The number of carbonyl (C=O) groups excluding carboxylic acids is 1. The van der Waals surface area contributed by atoms with Crippen LogP contribution in [0, 0.1) is 12.7 Å². The number of rotatable bonds is 5. The lowest BCUT2D eigenvalue weighted by molar-refractivity contribution is -0.142. The van der Waals surface area contributed by atoms with Crippen LogP contribution in [0.5, 0.6) is 0 Å². The standard InChI is InChI=1S/C18H19FO2/c1-13-3-5-14(6-4-13)7-12-17(18(20)21-2)15-8-10-16(19)11-9-15/h3-6,8-11,17H,7,12H2,1-2H3. The first kappa shape index (κ1) is 15.2. The van der Waals surface area contributed by atoms with Crippen molar-refractivity contribution in [3.63, 3.8) is 0 Å². The molecule has 0 saturated heterocycles. The maximum absolute atomic E-state index is 13.0. The van der Waals surface area contributed by atoms with Crippen LogP contribution in [0.15, 0.2) is 48.5 Å². The van der Waals surface area contributed by atoms with E-state index in [2.05, 4.69) is 24.3 Å². The Kier molecular flexibility index (Phi) is 5.09. The molecule has 0 aliphatic rings. The average molecular weight is 286 g/mol. The molecular weight excluding hydrogens is 267 g/mol. The molecule has 0 radical (unpaired) electrons. The Morgan fingerprint density at radius 3 is 2.29 bits per heavy atom. The molecule has 0 aliphatic carbocycles. The first-order valence-electron chi connectivity index (χ1n) is 6.99. The van der Waals surface area contributed by atoms with Gasteiger partial charge in [0.2, 0.25) is 0 Å². The zero-order valence-corrected chi connectivity index (χ0v) is 12.3. The van der Waals surface area contributed by atoms with Crippen LogP contribution in [0.4, 0.5) is 4.39 Å². The van der Waals surface area contributed by atoms with Crippen LogP contribution >= 0.6 is 0 Å². The van der Waals surface area contributed by atoms with Crippen molar-refractivity contribution in [3.05, 3.63) is 71.0 Å². The zero-order chi connectivity index (χ0) is 15.2. The van der Waals surface area contributed by atoms with Gasteiger partial charge in [-0.1, -0.05) is 42.0 Å². The second-order valence-electron chi connectivity index (χ2n) is 5.15. The molecule has 0 aromatic heterocycles. The lowest BCUT2D eigenvalue weighted by atomic mass is 9.92. The number of methoxy groups -OCH3 is 1. The van der Waals surface area contributed by atoms with Crippen molar-refractivity contribution < 1.29 is 13.9 Å². The minimum absolute atomic E-state index is 0.284. The summed E-state index contributed by atoms with van der Waals surface area (Å²) in [5.74, 6) is -0.952. The summed E-state index contributed by atoms with van der Waals surface area (Å²) in [6.45, 7) is 2.04. The molecule has 0 saturated carbocycles. The van der Waals surface area contributed by atoms with E-state index in [0.717, 1.165) is 12.0 Å². The van der Waals surface area contributed by atoms with Gasteiger partial charge in [0.05, 0.1) is 13.0 Å². The van der Waals surface area contributed by atoms with E-state index >= 15 is 0 Å². The van der Waals surface area contributed by atoms with Crippen molar-refractivity contribution in [1.29, 1.82) is 0 Å². The molecule has 0 spiro atoms. The molecule has 2 aromatic carbocycles. The summed E-state index contributed by atoms with van der Waals surface area (Å²) in [5.41, 5.74) is 3.17. The van der Waals surface area contributed by atoms with E-state index < -0.39 is 0 Å². The summed E-state index contributed by atoms with van der Waals surface area (Å²) >= 11 is 0. The van der Waals surface area contributed by atoms with Gasteiger partial charge in [0.25, 0.3) is 0 Å². The SMILES string of the molecule is COC(=O)C(CCc1ccc(C)cc1)c1ccc(F)cc1. The molecule has 1 unspecified atom stereocenters. The highest BCUT2D eigenvalue weighted by Gasteiger charge is 2.21. The summed E-state index contributed by atoms with van der Waals surface area (Å²) in [5, 5.41) is 0. The molecule has 0 amide bonds. The highest BCUT2D eigenvalue weighted by Crippen LogP contribution is 2.24. The second kappa shape index (κ2) is 7.02. The number of ether oxygens (including phenoxy) is 1. The largest absolute Gasteiger partial charge is 0.469 e. The molecule has 0 fully saturated rings. The van der Waals surface area contributed by atoms with E-state index in [1.54, 1.807) is 12.1 Å². The third-order valence-electron chi connectivity index (χ3n) is 3.60. The number of benzene rings is 2. The van der Waals surface area contributed by atoms with Crippen molar-refractivity contribution in [1.82, 2.24) is 0 Å². The van der Waals surface area contributed by atoms with Crippen molar-refractivity contribution in [2.75, 3.05) is 7.11 Å².